The van der Waals surface area contributed by atoms with Gasteiger partial charge in [-0.3, -0.25) is 0 Å². The van der Waals surface area contributed by atoms with Crippen molar-refractivity contribution < 1.29 is 9.13 Å². The van der Waals surface area contributed by atoms with Crippen LogP contribution in [0.1, 0.15) is 24.0 Å². The van der Waals surface area contributed by atoms with Crippen LogP contribution in [0.25, 0.3) is 0 Å². The Bertz CT molecular complexity index is 655. The van der Waals surface area contributed by atoms with E-state index in [0.29, 0.717) is 34.7 Å². The van der Waals surface area contributed by atoms with Gasteiger partial charge in [-0.25, -0.2) is 4.39 Å². The number of rotatable bonds is 5. The Kier molecular flexibility index (Phi) is 4.13. The largest absolute Gasteiger partial charge is 0.455 e. The van der Waals surface area contributed by atoms with Crippen LogP contribution < -0.4 is 10.1 Å². The van der Waals surface area contributed by atoms with E-state index >= 15 is 0 Å². The van der Waals surface area contributed by atoms with Crippen LogP contribution in [-0.2, 0) is 6.54 Å². The fourth-order valence-electron chi connectivity index (χ4n) is 2.15. The van der Waals surface area contributed by atoms with Crippen LogP contribution in [0.5, 0.6) is 11.5 Å². The van der Waals surface area contributed by atoms with Crippen molar-refractivity contribution in [2.24, 2.45) is 0 Å². The number of halogens is 2. The van der Waals surface area contributed by atoms with Crippen LogP contribution in [-0.4, -0.2) is 6.04 Å². The number of hydrogen-bond donors (Lipinski definition) is 1. The smallest absolute Gasteiger partial charge is 0.146 e. The topological polar surface area (TPSA) is 21.3 Å². The Balaban J connectivity index is 1.86. The molecule has 0 saturated heterocycles. The zero-order chi connectivity index (χ0) is 14.8. The summed E-state index contributed by atoms with van der Waals surface area (Å²) < 4.78 is 19.9. The van der Waals surface area contributed by atoms with E-state index in [-0.39, 0.29) is 5.82 Å². The first-order chi connectivity index (χ1) is 10.1. The van der Waals surface area contributed by atoms with Crippen LogP contribution in [0.2, 0.25) is 5.02 Å². The second-order valence-electron chi connectivity index (χ2n) is 5.41. The summed E-state index contributed by atoms with van der Waals surface area (Å²) in [4.78, 5) is 0. The molecule has 0 unspecified atom stereocenters. The van der Waals surface area contributed by atoms with Crippen molar-refractivity contribution in [2.45, 2.75) is 32.4 Å². The molecule has 0 amide bonds. The predicted octanol–water partition coefficient (Wildman–Crippen LogP) is 4.83. The molecule has 1 N–H and O–H groups in total. The van der Waals surface area contributed by atoms with Crippen molar-refractivity contribution >= 4 is 11.6 Å². The van der Waals surface area contributed by atoms with Gasteiger partial charge in [0.1, 0.15) is 17.3 Å². The highest BCUT2D eigenvalue weighted by molar-refractivity contribution is 6.32. The van der Waals surface area contributed by atoms with E-state index in [1.165, 1.54) is 6.07 Å². The standard InChI is InChI=1S/C17H17ClFNO/c1-11-5-8-14(18)17(9-11)21-16-4-2-3-15(19)13(16)10-20-12-6-7-12/h2-5,8-9,12,20H,6-7,10H2,1H3. The number of hydrogen-bond acceptors (Lipinski definition) is 2. The lowest BCUT2D eigenvalue weighted by molar-refractivity contribution is 0.461. The van der Waals surface area contributed by atoms with E-state index in [4.69, 9.17) is 16.3 Å². The first kappa shape index (κ1) is 14.4. The Labute approximate surface area is 128 Å². The Morgan fingerprint density at radius 1 is 1.24 bits per heavy atom. The number of benzene rings is 2. The second kappa shape index (κ2) is 6.04. The van der Waals surface area contributed by atoms with Gasteiger partial charge in [-0.2, -0.15) is 0 Å². The van der Waals surface area contributed by atoms with Gasteiger partial charge in [0, 0.05) is 18.2 Å². The molecule has 1 fully saturated rings. The molecular weight excluding hydrogens is 289 g/mol. The maximum atomic E-state index is 14.1. The maximum Gasteiger partial charge on any atom is 0.146 e. The molecule has 1 aliphatic carbocycles. The molecule has 0 radical (unpaired) electrons. The SMILES string of the molecule is Cc1ccc(Cl)c(Oc2cccc(F)c2CNC2CC2)c1. The molecule has 2 aromatic rings. The molecule has 0 aromatic heterocycles. The highest BCUT2D eigenvalue weighted by Gasteiger charge is 2.22. The number of ether oxygens (including phenoxy) is 1. The summed E-state index contributed by atoms with van der Waals surface area (Å²) in [5, 5.41) is 3.83. The third-order valence-electron chi connectivity index (χ3n) is 3.53. The quantitative estimate of drug-likeness (QED) is 0.854. The van der Waals surface area contributed by atoms with E-state index in [2.05, 4.69) is 5.32 Å². The first-order valence-electron chi connectivity index (χ1n) is 7.08. The monoisotopic (exact) mass is 305 g/mol. The molecule has 3 rings (SSSR count). The second-order valence-corrected chi connectivity index (χ2v) is 5.81. The maximum absolute atomic E-state index is 14.1. The van der Waals surface area contributed by atoms with Gasteiger partial charge in [-0.1, -0.05) is 23.7 Å². The molecule has 0 spiro atoms. The lowest BCUT2D eigenvalue weighted by Crippen LogP contribution is -2.16. The van der Waals surface area contributed by atoms with Crippen molar-refractivity contribution in [1.29, 1.82) is 0 Å². The normalized spacial score (nSPS) is 14.2. The summed E-state index contributed by atoms with van der Waals surface area (Å²) in [7, 11) is 0. The van der Waals surface area contributed by atoms with Crippen molar-refractivity contribution in [3.8, 4) is 11.5 Å². The van der Waals surface area contributed by atoms with E-state index in [0.717, 1.165) is 18.4 Å². The lowest BCUT2D eigenvalue weighted by Gasteiger charge is -2.14. The molecule has 110 valence electrons. The molecule has 2 nitrogen and oxygen atoms in total. The predicted molar refractivity (Wildman–Crippen MR) is 82.5 cm³/mol. The fraction of sp³-hybridized carbons (Fsp3) is 0.294. The van der Waals surface area contributed by atoms with Gasteiger partial charge < -0.3 is 10.1 Å². The van der Waals surface area contributed by atoms with E-state index in [1.807, 2.05) is 19.1 Å². The zero-order valence-electron chi connectivity index (χ0n) is 11.8. The minimum absolute atomic E-state index is 0.260. The van der Waals surface area contributed by atoms with Gasteiger partial charge in [-0.15, -0.1) is 0 Å². The van der Waals surface area contributed by atoms with Crippen LogP contribution in [0.4, 0.5) is 4.39 Å². The average Bonchev–Trinajstić information content (AvgIpc) is 3.26. The van der Waals surface area contributed by atoms with Crippen molar-refractivity contribution in [3.63, 3.8) is 0 Å². The van der Waals surface area contributed by atoms with Gasteiger partial charge in [0.25, 0.3) is 0 Å². The summed E-state index contributed by atoms with van der Waals surface area (Å²) in [6.45, 7) is 2.43. The molecular formula is C17H17ClFNO. The Morgan fingerprint density at radius 2 is 2.05 bits per heavy atom. The van der Waals surface area contributed by atoms with Crippen LogP contribution in [0, 0.1) is 12.7 Å². The summed E-state index contributed by atoms with van der Waals surface area (Å²) in [5.41, 5.74) is 1.59. The number of aryl methyl sites for hydroxylation is 1. The highest BCUT2D eigenvalue weighted by atomic mass is 35.5. The molecule has 0 heterocycles. The van der Waals surface area contributed by atoms with Gasteiger partial charge in [0.05, 0.1) is 5.02 Å². The zero-order valence-corrected chi connectivity index (χ0v) is 12.6. The van der Waals surface area contributed by atoms with Crippen molar-refractivity contribution in [3.05, 3.63) is 58.4 Å². The minimum atomic E-state index is -0.260. The van der Waals surface area contributed by atoms with E-state index < -0.39 is 0 Å². The Morgan fingerprint density at radius 3 is 2.81 bits per heavy atom. The molecule has 1 aliphatic rings. The third kappa shape index (κ3) is 3.55. The fourth-order valence-corrected chi connectivity index (χ4v) is 2.30. The van der Waals surface area contributed by atoms with Crippen molar-refractivity contribution in [2.75, 3.05) is 0 Å². The van der Waals surface area contributed by atoms with Gasteiger partial charge >= 0.3 is 0 Å². The summed E-state index contributed by atoms with van der Waals surface area (Å²) in [6.07, 6.45) is 2.32. The highest BCUT2D eigenvalue weighted by Crippen LogP contribution is 2.33. The summed E-state index contributed by atoms with van der Waals surface area (Å²) in [5.74, 6) is 0.801. The molecule has 0 aliphatic heterocycles. The van der Waals surface area contributed by atoms with Crippen molar-refractivity contribution in [1.82, 2.24) is 5.32 Å². The molecule has 21 heavy (non-hydrogen) atoms. The molecule has 2 aromatic carbocycles. The van der Waals surface area contributed by atoms with Gasteiger partial charge in [0.2, 0.25) is 0 Å². The van der Waals surface area contributed by atoms with E-state index in [9.17, 15) is 4.39 Å². The molecule has 0 bridgehead atoms. The van der Waals surface area contributed by atoms with Gasteiger partial charge in [-0.05, 0) is 49.6 Å². The average molecular weight is 306 g/mol. The van der Waals surface area contributed by atoms with Gasteiger partial charge in [0.15, 0.2) is 0 Å². The van der Waals surface area contributed by atoms with Crippen LogP contribution in [0.15, 0.2) is 36.4 Å². The third-order valence-corrected chi connectivity index (χ3v) is 3.84. The van der Waals surface area contributed by atoms with Crippen LogP contribution in [0.3, 0.4) is 0 Å². The molecule has 4 heteroatoms. The molecule has 0 atom stereocenters. The summed E-state index contributed by atoms with van der Waals surface area (Å²) >= 11 is 6.14. The Hall–Kier alpha value is -1.58. The van der Waals surface area contributed by atoms with E-state index in [1.54, 1.807) is 18.2 Å². The molecule has 1 saturated carbocycles. The lowest BCUT2D eigenvalue weighted by atomic mass is 10.1. The minimum Gasteiger partial charge on any atom is -0.455 e. The number of nitrogens with one attached hydrogen (secondary N) is 1. The summed E-state index contributed by atoms with van der Waals surface area (Å²) in [6, 6.07) is 10.9. The van der Waals surface area contributed by atoms with Crippen LogP contribution >= 0.6 is 11.6 Å². The first-order valence-corrected chi connectivity index (χ1v) is 7.46.